The third-order valence-corrected chi connectivity index (χ3v) is 4.18. The maximum absolute atomic E-state index is 12.1. The molecule has 2 aliphatic carbocycles. The van der Waals surface area contributed by atoms with E-state index in [9.17, 15) is 4.79 Å². The number of carbonyl (C=O) groups is 1. The van der Waals surface area contributed by atoms with E-state index in [2.05, 4.69) is 10.5 Å². The van der Waals surface area contributed by atoms with Gasteiger partial charge in [0.1, 0.15) is 5.76 Å². The Balaban J connectivity index is 1.56. The van der Waals surface area contributed by atoms with E-state index >= 15 is 0 Å². The van der Waals surface area contributed by atoms with Crippen LogP contribution in [0.4, 0.5) is 0 Å². The van der Waals surface area contributed by atoms with Crippen LogP contribution in [0.3, 0.4) is 0 Å². The Labute approximate surface area is 113 Å². The lowest BCUT2D eigenvalue weighted by Crippen LogP contribution is -2.35. The van der Waals surface area contributed by atoms with Gasteiger partial charge in [-0.05, 0) is 25.7 Å². The molecule has 0 atom stereocenters. The van der Waals surface area contributed by atoms with Crippen molar-refractivity contribution in [3.8, 4) is 0 Å². The summed E-state index contributed by atoms with van der Waals surface area (Å²) in [6, 6.07) is 2.13. The second-order valence-corrected chi connectivity index (χ2v) is 5.90. The van der Waals surface area contributed by atoms with Crippen LogP contribution in [-0.2, 0) is 0 Å². The summed E-state index contributed by atoms with van der Waals surface area (Å²) < 4.78 is 5.23. The molecular formula is C15H22N2O2. The maximum atomic E-state index is 12.1. The monoisotopic (exact) mass is 262 g/mol. The maximum Gasteiger partial charge on any atom is 0.273 e. The average Bonchev–Trinajstić information content (AvgIpc) is 3.10. The molecule has 1 heterocycles. The molecule has 4 heteroatoms. The number of nitrogens with one attached hydrogen (secondary N) is 1. The van der Waals surface area contributed by atoms with Crippen LogP contribution in [0.2, 0.25) is 0 Å². The van der Waals surface area contributed by atoms with Gasteiger partial charge in [-0.25, -0.2) is 0 Å². The molecule has 104 valence electrons. The van der Waals surface area contributed by atoms with Gasteiger partial charge in [0.2, 0.25) is 0 Å². The largest absolute Gasteiger partial charge is 0.360 e. The van der Waals surface area contributed by atoms with Gasteiger partial charge in [-0.1, -0.05) is 37.3 Å². The molecule has 0 spiro atoms. The van der Waals surface area contributed by atoms with Crippen LogP contribution in [0.25, 0.3) is 0 Å². The molecule has 19 heavy (non-hydrogen) atoms. The number of nitrogens with zero attached hydrogens (tertiary/aromatic N) is 1. The van der Waals surface area contributed by atoms with Gasteiger partial charge in [0.15, 0.2) is 5.69 Å². The highest BCUT2D eigenvalue weighted by Gasteiger charge is 2.29. The van der Waals surface area contributed by atoms with Crippen LogP contribution in [-0.4, -0.2) is 17.1 Å². The summed E-state index contributed by atoms with van der Waals surface area (Å²) in [4.78, 5) is 12.1. The van der Waals surface area contributed by atoms with E-state index in [1.165, 1.54) is 44.9 Å². The highest BCUT2D eigenvalue weighted by Crippen LogP contribution is 2.40. The van der Waals surface area contributed by atoms with Crippen molar-refractivity contribution in [2.45, 2.75) is 69.7 Å². The molecule has 0 radical (unpaired) electrons. The number of rotatable bonds is 3. The Hall–Kier alpha value is -1.32. The molecular weight excluding hydrogens is 240 g/mol. The van der Waals surface area contributed by atoms with Gasteiger partial charge in [-0.2, -0.15) is 0 Å². The summed E-state index contributed by atoms with van der Waals surface area (Å²) in [7, 11) is 0. The van der Waals surface area contributed by atoms with Gasteiger partial charge in [-0.15, -0.1) is 0 Å². The molecule has 3 rings (SSSR count). The van der Waals surface area contributed by atoms with E-state index in [4.69, 9.17) is 4.52 Å². The van der Waals surface area contributed by atoms with Crippen molar-refractivity contribution < 1.29 is 9.32 Å². The minimum Gasteiger partial charge on any atom is -0.360 e. The Morgan fingerprint density at radius 2 is 1.79 bits per heavy atom. The zero-order valence-corrected chi connectivity index (χ0v) is 11.4. The number of hydrogen-bond donors (Lipinski definition) is 1. The first-order chi connectivity index (χ1) is 9.33. The Morgan fingerprint density at radius 3 is 2.47 bits per heavy atom. The fraction of sp³-hybridized carbons (Fsp3) is 0.733. The molecule has 1 aromatic heterocycles. The molecule has 1 amide bonds. The Morgan fingerprint density at radius 1 is 1.11 bits per heavy atom. The van der Waals surface area contributed by atoms with Crippen LogP contribution >= 0.6 is 0 Å². The normalized spacial score (nSPS) is 21.7. The van der Waals surface area contributed by atoms with Gasteiger partial charge in [0.25, 0.3) is 5.91 Å². The molecule has 0 aromatic carbocycles. The molecule has 0 saturated heterocycles. The zero-order chi connectivity index (χ0) is 13.1. The zero-order valence-electron chi connectivity index (χ0n) is 11.4. The van der Waals surface area contributed by atoms with Crippen LogP contribution in [0.15, 0.2) is 10.6 Å². The Kier molecular flexibility index (Phi) is 3.85. The molecule has 1 aromatic rings. The second-order valence-electron chi connectivity index (χ2n) is 5.90. The first-order valence-corrected chi connectivity index (χ1v) is 7.60. The minimum atomic E-state index is -0.0683. The first-order valence-electron chi connectivity index (χ1n) is 7.60. The summed E-state index contributed by atoms with van der Waals surface area (Å²) in [6.45, 7) is 0. The van der Waals surface area contributed by atoms with E-state index in [1.807, 2.05) is 6.07 Å². The van der Waals surface area contributed by atoms with Crippen LogP contribution < -0.4 is 5.32 Å². The summed E-state index contributed by atoms with van der Waals surface area (Å²) in [5, 5.41) is 7.01. The predicted octanol–water partition coefficient (Wildman–Crippen LogP) is 3.39. The van der Waals surface area contributed by atoms with Crippen molar-refractivity contribution in [2.75, 3.05) is 0 Å². The van der Waals surface area contributed by atoms with Crippen LogP contribution in [0.5, 0.6) is 0 Å². The molecule has 0 bridgehead atoms. The van der Waals surface area contributed by atoms with E-state index < -0.39 is 0 Å². The molecule has 2 aliphatic rings. The van der Waals surface area contributed by atoms with Crippen LogP contribution in [0, 0.1) is 0 Å². The van der Waals surface area contributed by atoms with Gasteiger partial charge in [-0.3, -0.25) is 4.79 Å². The number of aromatic nitrogens is 1. The molecule has 2 fully saturated rings. The predicted molar refractivity (Wildman–Crippen MR) is 72.1 cm³/mol. The topological polar surface area (TPSA) is 55.1 Å². The van der Waals surface area contributed by atoms with Gasteiger partial charge < -0.3 is 9.84 Å². The van der Waals surface area contributed by atoms with E-state index in [-0.39, 0.29) is 5.91 Å². The van der Waals surface area contributed by atoms with Gasteiger partial charge in [0, 0.05) is 18.0 Å². The summed E-state index contributed by atoms with van der Waals surface area (Å²) in [5.74, 6) is 1.32. The van der Waals surface area contributed by atoms with E-state index in [1.54, 1.807) is 0 Å². The van der Waals surface area contributed by atoms with Gasteiger partial charge in [0.05, 0.1) is 0 Å². The molecule has 0 aliphatic heterocycles. The summed E-state index contributed by atoms with van der Waals surface area (Å²) >= 11 is 0. The average molecular weight is 262 g/mol. The third kappa shape index (κ3) is 3.37. The van der Waals surface area contributed by atoms with Crippen molar-refractivity contribution in [3.63, 3.8) is 0 Å². The summed E-state index contributed by atoms with van der Waals surface area (Å²) in [5.41, 5.74) is 0.448. The lowest BCUT2D eigenvalue weighted by molar-refractivity contribution is 0.0921. The van der Waals surface area contributed by atoms with Crippen molar-refractivity contribution in [2.24, 2.45) is 0 Å². The third-order valence-electron chi connectivity index (χ3n) is 4.18. The molecule has 0 unspecified atom stereocenters. The quantitative estimate of drug-likeness (QED) is 0.908. The van der Waals surface area contributed by atoms with Crippen molar-refractivity contribution >= 4 is 5.91 Å². The SMILES string of the molecule is O=C(NC1CCCCCCC1)c1cc(C2CC2)on1. The lowest BCUT2D eigenvalue weighted by atomic mass is 9.96. The lowest BCUT2D eigenvalue weighted by Gasteiger charge is -2.20. The molecule has 4 nitrogen and oxygen atoms in total. The van der Waals surface area contributed by atoms with E-state index in [0.717, 1.165) is 18.6 Å². The number of carbonyl (C=O) groups excluding carboxylic acids is 1. The van der Waals surface area contributed by atoms with E-state index in [0.29, 0.717) is 17.7 Å². The highest BCUT2D eigenvalue weighted by molar-refractivity contribution is 5.92. The van der Waals surface area contributed by atoms with Crippen molar-refractivity contribution in [3.05, 3.63) is 17.5 Å². The standard InChI is InChI=1S/C15H22N2O2/c18-15(13-10-14(19-17-13)11-8-9-11)16-12-6-4-2-1-3-5-7-12/h10-12H,1-9H2,(H,16,18). The number of hydrogen-bond acceptors (Lipinski definition) is 3. The smallest absolute Gasteiger partial charge is 0.273 e. The van der Waals surface area contributed by atoms with Crippen molar-refractivity contribution in [1.82, 2.24) is 10.5 Å². The number of amides is 1. The van der Waals surface area contributed by atoms with Crippen molar-refractivity contribution in [1.29, 1.82) is 0 Å². The van der Waals surface area contributed by atoms with Crippen LogP contribution in [0.1, 0.15) is 80.0 Å². The fourth-order valence-corrected chi connectivity index (χ4v) is 2.82. The summed E-state index contributed by atoms with van der Waals surface area (Å²) in [6.07, 6.45) is 10.9. The highest BCUT2D eigenvalue weighted by atomic mass is 16.5. The molecule has 2 saturated carbocycles. The minimum absolute atomic E-state index is 0.0683. The fourth-order valence-electron chi connectivity index (χ4n) is 2.82. The second kappa shape index (κ2) is 5.76. The Bertz CT molecular complexity index is 429. The first kappa shape index (κ1) is 12.7. The molecule has 1 N–H and O–H groups in total. The van der Waals surface area contributed by atoms with Gasteiger partial charge >= 0.3 is 0 Å².